The first-order valence-corrected chi connectivity index (χ1v) is 8.38. The fourth-order valence-electron chi connectivity index (χ4n) is 3.77. The van der Waals surface area contributed by atoms with Gasteiger partial charge in [-0.15, -0.1) is 0 Å². The number of hydrogen-bond donors (Lipinski definition) is 2. The predicted octanol–water partition coefficient (Wildman–Crippen LogP) is 1.67. The summed E-state index contributed by atoms with van der Waals surface area (Å²) in [6, 6.07) is 3.76. The molecule has 2 aliphatic heterocycles. The van der Waals surface area contributed by atoms with E-state index in [1.54, 1.807) is 26.4 Å². The van der Waals surface area contributed by atoms with Gasteiger partial charge < -0.3 is 19.9 Å². The van der Waals surface area contributed by atoms with Gasteiger partial charge in [0.25, 0.3) is 5.91 Å². The van der Waals surface area contributed by atoms with Gasteiger partial charge in [-0.2, -0.15) is 0 Å². The SMILES string of the molecule is CNC(=O)c1cc2c([nH]1)-c1ccncc1OC21CCN(C(C)=O)CC1. The van der Waals surface area contributed by atoms with E-state index in [0.29, 0.717) is 37.4 Å². The molecule has 1 spiro atoms. The van der Waals surface area contributed by atoms with E-state index in [9.17, 15) is 9.59 Å². The highest BCUT2D eigenvalue weighted by atomic mass is 16.5. The number of fused-ring (bicyclic) bond motifs is 4. The second-order valence-corrected chi connectivity index (χ2v) is 6.53. The molecular weight excluding hydrogens is 320 g/mol. The summed E-state index contributed by atoms with van der Waals surface area (Å²) >= 11 is 0. The summed E-state index contributed by atoms with van der Waals surface area (Å²) in [5.74, 6) is 0.617. The normalized spacial score (nSPS) is 17.4. The number of rotatable bonds is 1. The number of nitrogens with one attached hydrogen (secondary N) is 2. The van der Waals surface area contributed by atoms with Crippen LogP contribution in [0.4, 0.5) is 0 Å². The van der Waals surface area contributed by atoms with E-state index >= 15 is 0 Å². The molecule has 25 heavy (non-hydrogen) atoms. The van der Waals surface area contributed by atoms with Crippen LogP contribution in [0.25, 0.3) is 11.3 Å². The molecule has 4 heterocycles. The highest BCUT2D eigenvalue weighted by Crippen LogP contribution is 2.49. The van der Waals surface area contributed by atoms with Gasteiger partial charge in [-0.25, -0.2) is 0 Å². The Labute approximate surface area is 145 Å². The monoisotopic (exact) mass is 340 g/mol. The third kappa shape index (κ3) is 2.38. The molecule has 0 radical (unpaired) electrons. The number of carbonyl (C=O) groups is 2. The Bertz CT molecular complexity index is 850. The van der Waals surface area contributed by atoms with Crippen molar-refractivity contribution in [2.75, 3.05) is 20.1 Å². The predicted molar refractivity (Wildman–Crippen MR) is 91.2 cm³/mol. The first-order chi connectivity index (χ1) is 12.0. The van der Waals surface area contributed by atoms with Crippen LogP contribution in [0, 0.1) is 0 Å². The van der Waals surface area contributed by atoms with Crippen LogP contribution in [0.3, 0.4) is 0 Å². The maximum Gasteiger partial charge on any atom is 0.267 e. The number of aromatic nitrogens is 2. The molecule has 0 aliphatic carbocycles. The summed E-state index contributed by atoms with van der Waals surface area (Å²) in [5.41, 5.74) is 2.75. The van der Waals surface area contributed by atoms with Gasteiger partial charge in [-0.1, -0.05) is 0 Å². The van der Waals surface area contributed by atoms with Gasteiger partial charge in [0, 0.05) is 57.2 Å². The largest absolute Gasteiger partial charge is 0.480 e. The summed E-state index contributed by atoms with van der Waals surface area (Å²) in [7, 11) is 1.61. The van der Waals surface area contributed by atoms with Crippen LogP contribution in [0.1, 0.15) is 35.8 Å². The minimum absolute atomic E-state index is 0.0769. The molecule has 2 N–H and O–H groups in total. The zero-order valence-corrected chi connectivity index (χ0v) is 14.3. The number of likely N-dealkylation sites (tertiary alicyclic amines) is 1. The average molecular weight is 340 g/mol. The Morgan fingerprint density at radius 2 is 2.12 bits per heavy atom. The minimum Gasteiger partial charge on any atom is -0.480 e. The molecule has 0 aromatic carbocycles. The van der Waals surface area contributed by atoms with E-state index in [4.69, 9.17) is 4.74 Å². The minimum atomic E-state index is -0.542. The van der Waals surface area contributed by atoms with Crippen molar-refractivity contribution in [3.05, 3.63) is 35.8 Å². The summed E-state index contributed by atoms with van der Waals surface area (Å²) in [5, 5.41) is 2.65. The molecule has 1 fully saturated rings. The van der Waals surface area contributed by atoms with Crippen LogP contribution in [0.15, 0.2) is 24.5 Å². The van der Waals surface area contributed by atoms with Crippen molar-refractivity contribution >= 4 is 11.8 Å². The maximum atomic E-state index is 12.1. The fourth-order valence-corrected chi connectivity index (χ4v) is 3.77. The van der Waals surface area contributed by atoms with Gasteiger partial charge in [0.05, 0.1) is 11.9 Å². The lowest BCUT2D eigenvalue weighted by Gasteiger charge is -2.44. The van der Waals surface area contributed by atoms with Gasteiger partial charge in [0.1, 0.15) is 17.0 Å². The van der Waals surface area contributed by atoms with Crippen LogP contribution in [-0.2, 0) is 10.4 Å². The van der Waals surface area contributed by atoms with Gasteiger partial charge in [-0.05, 0) is 12.1 Å². The molecule has 130 valence electrons. The van der Waals surface area contributed by atoms with E-state index in [-0.39, 0.29) is 11.8 Å². The Morgan fingerprint density at radius 3 is 2.80 bits per heavy atom. The number of amides is 2. The molecule has 2 amide bonds. The Kier molecular flexibility index (Phi) is 3.52. The lowest BCUT2D eigenvalue weighted by atomic mass is 9.81. The Balaban J connectivity index is 1.80. The molecule has 0 atom stereocenters. The quantitative estimate of drug-likeness (QED) is 0.827. The molecule has 7 heteroatoms. The van der Waals surface area contributed by atoms with E-state index in [2.05, 4.69) is 15.3 Å². The molecule has 0 bridgehead atoms. The number of nitrogens with zero attached hydrogens (tertiary/aromatic N) is 2. The first kappa shape index (κ1) is 15.7. The average Bonchev–Trinajstić information content (AvgIpc) is 3.08. The van der Waals surface area contributed by atoms with Crippen molar-refractivity contribution in [3.63, 3.8) is 0 Å². The smallest absolute Gasteiger partial charge is 0.267 e. The maximum absolute atomic E-state index is 12.1. The van der Waals surface area contributed by atoms with Crippen molar-refractivity contribution in [3.8, 4) is 17.0 Å². The second kappa shape index (κ2) is 5.61. The summed E-state index contributed by atoms with van der Waals surface area (Å²) in [6.07, 6.45) is 4.78. The zero-order chi connectivity index (χ0) is 17.6. The van der Waals surface area contributed by atoms with Crippen LogP contribution < -0.4 is 10.1 Å². The zero-order valence-electron chi connectivity index (χ0n) is 14.3. The lowest BCUT2D eigenvalue weighted by molar-refractivity contribution is -0.132. The van der Waals surface area contributed by atoms with Gasteiger partial charge >= 0.3 is 0 Å². The van der Waals surface area contributed by atoms with E-state index in [1.807, 2.05) is 17.0 Å². The van der Waals surface area contributed by atoms with Crippen molar-refractivity contribution < 1.29 is 14.3 Å². The standard InChI is InChI=1S/C18H20N4O3/c1-11(23)22-7-4-18(5-8-22)13-9-14(17(24)19-2)21-16(13)12-3-6-20-10-15(12)25-18/h3,6,9-10,21H,4-5,7-8H2,1-2H3,(H,19,24). The molecule has 0 unspecified atom stereocenters. The number of carbonyl (C=O) groups excluding carboxylic acids is 2. The third-order valence-corrected chi connectivity index (χ3v) is 5.16. The van der Waals surface area contributed by atoms with Crippen LogP contribution in [0.5, 0.6) is 5.75 Å². The highest BCUT2D eigenvalue weighted by Gasteiger charge is 2.45. The molecule has 2 aliphatic rings. The van der Waals surface area contributed by atoms with Crippen molar-refractivity contribution in [1.29, 1.82) is 0 Å². The number of pyridine rings is 1. The Morgan fingerprint density at radius 1 is 1.36 bits per heavy atom. The van der Waals surface area contributed by atoms with E-state index < -0.39 is 5.60 Å². The molecule has 2 aromatic heterocycles. The lowest BCUT2D eigenvalue weighted by Crippen LogP contribution is -2.48. The summed E-state index contributed by atoms with van der Waals surface area (Å²) in [4.78, 5) is 33.0. The molecule has 2 aromatic rings. The molecule has 1 saturated heterocycles. The van der Waals surface area contributed by atoms with Crippen LogP contribution >= 0.6 is 0 Å². The molecule has 0 saturated carbocycles. The number of ether oxygens (including phenoxy) is 1. The van der Waals surface area contributed by atoms with Gasteiger partial charge in [-0.3, -0.25) is 14.6 Å². The van der Waals surface area contributed by atoms with Crippen LogP contribution in [0.2, 0.25) is 0 Å². The molecule has 4 rings (SSSR count). The number of hydrogen-bond acceptors (Lipinski definition) is 4. The van der Waals surface area contributed by atoms with Crippen molar-refractivity contribution in [1.82, 2.24) is 20.2 Å². The summed E-state index contributed by atoms with van der Waals surface area (Å²) < 4.78 is 6.39. The third-order valence-electron chi connectivity index (χ3n) is 5.16. The first-order valence-electron chi connectivity index (χ1n) is 8.38. The van der Waals surface area contributed by atoms with Crippen molar-refractivity contribution in [2.24, 2.45) is 0 Å². The Hall–Kier alpha value is -2.83. The molecular formula is C18H20N4O3. The highest BCUT2D eigenvalue weighted by molar-refractivity contribution is 5.94. The number of piperidine rings is 1. The van der Waals surface area contributed by atoms with Crippen LogP contribution in [-0.4, -0.2) is 46.8 Å². The topological polar surface area (TPSA) is 87.3 Å². The van der Waals surface area contributed by atoms with E-state index in [0.717, 1.165) is 16.8 Å². The van der Waals surface area contributed by atoms with Crippen molar-refractivity contribution in [2.45, 2.75) is 25.4 Å². The van der Waals surface area contributed by atoms with E-state index in [1.165, 1.54) is 0 Å². The fraction of sp³-hybridized carbons (Fsp3) is 0.389. The van der Waals surface area contributed by atoms with Gasteiger partial charge in [0.2, 0.25) is 5.91 Å². The number of H-pyrrole nitrogens is 1. The summed E-state index contributed by atoms with van der Waals surface area (Å²) in [6.45, 7) is 2.85. The molecule has 7 nitrogen and oxygen atoms in total. The second-order valence-electron chi connectivity index (χ2n) is 6.53. The number of aromatic amines is 1. The van der Waals surface area contributed by atoms with Gasteiger partial charge in [0.15, 0.2) is 0 Å².